The molecule has 7 heteroatoms. The quantitative estimate of drug-likeness (QED) is 0.210. The second kappa shape index (κ2) is 15.4. The van der Waals surface area contributed by atoms with Gasteiger partial charge in [0.15, 0.2) is 11.7 Å². The van der Waals surface area contributed by atoms with Crippen molar-refractivity contribution < 1.29 is 9.26 Å². The summed E-state index contributed by atoms with van der Waals surface area (Å²) in [7, 11) is 0. The van der Waals surface area contributed by atoms with E-state index in [0.717, 1.165) is 62.8 Å². The summed E-state index contributed by atoms with van der Waals surface area (Å²) < 4.78 is 11.0. The van der Waals surface area contributed by atoms with E-state index in [4.69, 9.17) is 9.26 Å². The van der Waals surface area contributed by atoms with E-state index in [2.05, 4.69) is 48.5 Å². The zero-order valence-electron chi connectivity index (χ0n) is 16.1. The SMILES string of the molecule is CCCCOCCNC(=NCc1cc(C(CC)CC)no1)NCC.I. The van der Waals surface area contributed by atoms with E-state index in [9.17, 15) is 0 Å². The summed E-state index contributed by atoms with van der Waals surface area (Å²) in [6.45, 7) is 12.1. The lowest BCUT2D eigenvalue weighted by Gasteiger charge is -2.11. The van der Waals surface area contributed by atoms with Crippen molar-refractivity contribution in [2.24, 2.45) is 4.99 Å². The summed E-state index contributed by atoms with van der Waals surface area (Å²) in [5.41, 5.74) is 1.03. The standard InChI is InChI=1S/C18H34N4O2.HI/c1-5-9-11-23-12-10-20-18(19-8-4)21-14-16-13-17(22-24-16)15(6-2)7-3;/h13,15H,5-12,14H2,1-4H3,(H2,19,20,21);1H. The first-order chi connectivity index (χ1) is 11.7. The van der Waals surface area contributed by atoms with Crippen LogP contribution in [0, 0.1) is 0 Å². The van der Waals surface area contributed by atoms with Gasteiger partial charge in [-0.25, -0.2) is 4.99 Å². The fraction of sp³-hybridized carbons (Fsp3) is 0.778. The Morgan fingerprint density at radius 2 is 1.96 bits per heavy atom. The molecule has 1 rings (SSSR count). The number of unbranched alkanes of at least 4 members (excludes halogenated alkanes) is 1. The molecular formula is C18H35IN4O2. The lowest BCUT2D eigenvalue weighted by atomic mass is 9.99. The van der Waals surface area contributed by atoms with Crippen LogP contribution in [-0.4, -0.2) is 37.4 Å². The molecule has 0 unspecified atom stereocenters. The van der Waals surface area contributed by atoms with Crippen molar-refractivity contribution in [1.29, 1.82) is 0 Å². The van der Waals surface area contributed by atoms with Crippen molar-refractivity contribution in [2.75, 3.05) is 26.3 Å². The third-order valence-electron chi connectivity index (χ3n) is 3.90. The average Bonchev–Trinajstić information content (AvgIpc) is 3.05. The van der Waals surface area contributed by atoms with Crippen molar-refractivity contribution in [3.8, 4) is 0 Å². The number of hydrogen-bond donors (Lipinski definition) is 2. The summed E-state index contributed by atoms with van der Waals surface area (Å²) >= 11 is 0. The third kappa shape index (κ3) is 10.0. The molecule has 0 aromatic carbocycles. The molecule has 1 aromatic heterocycles. The highest BCUT2D eigenvalue weighted by atomic mass is 127. The Bertz CT molecular complexity index is 462. The smallest absolute Gasteiger partial charge is 0.191 e. The van der Waals surface area contributed by atoms with Gasteiger partial charge < -0.3 is 19.9 Å². The lowest BCUT2D eigenvalue weighted by molar-refractivity contribution is 0.136. The van der Waals surface area contributed by atoms with E-state index < -0.39 is 0 Å². The van der Waals surface area contributed by atoms with E-state index >= 15 is 0 Å². The molecule has 25 heavy (non-hydrogen) atoms. The lowest BCUT2D eigenvalue weighted by Crippen LogP contribution is -2.39. The largest absolute Gasteiger partial charge is 0.380 e. The molecule has 0 radical (unpaired) electrons. The Balaban J connectivity index is 0.00000576. The molecule has 0 aliphatic heterocycles. The van der Waals surface area contributed by atoms with Crippen molar-refractivity contribution in [2.45, 2.75) is 65.8 Å². The van der Waals surface area contributed by atoms with Gasteiger partial charge in [-0.2, -0.15) is 0 Å². The van der Waals surface area contributed by atoms with Crippen LogP contribution in [0.1, 0.15) is 70.8 Å². The van der Waals surface area contributed by atoms with E-state index in [1.807, 2.05) is 6.07 Å². The normalized spacial score (nSPS) is 11.5. The number of ether oxygens (including phenoxy) is 1. The van der Waals surface area contributed by atoms with Crippen LogP contribution in [0.5, 0.6) is 0 Å². The van der Waals surface area contributed by atoms with Crippen molar-refractivity contribution >= 4 is 29.9 Å². The zero-order chi connectivity index (χ0) is 17.6. The molecule has 0 saturated heterocycles. The van der Waals surface area contributed by atoms with Crippen LogP contribution in [0.4, 0.5) is 0 Å². The molecule has 0 bridgehead atoms. The monoisotopic (exact) mass is 466 g/mol. The zero-order valence-corrected chi connectivity index (χ0v) is 18.5. The summed E-state index contributed by atoms with van der Waals surface area (Å²) in [4.78, 5) is 4.55. The van der Waals surface area contributed by atoms with Gasteiger partial charge in [0.1, 0.15) is 6.54 Å². The molecular weight excluding hydrogens is 431 g/mol. The van der Waals surface area contributed by atoms with E-state index in [1.54, 1.807) is 0 Å². The maximum Gasteiger partial charge on any atom is 0.191 e. The Hall–Kier alpha value is -0.830. The molecule has 0 saturated carbocycles. The second-order valence-corrected chi connectivity index (χ2v) is 5.82. The minimum Gasteiger partial charge on any atom is -0.380 e. The average molecular weight is 466 g/mol. The number of nitrogens with zero attached hydrogens (tertiary/aromatic N) is 2. The molecule has 146 valence electrons. The Morgan fingerprint density at radius 1 is 1.20 bits per heavy atom. The van der Waals surface area contributed by atoms with Gasteiger partial charge in [-0.1, -0.05) is 32.3 Å². The highest BCUT2D eigenvalue weighted by Crippen LogP contribution is 2.22. The molecule has 1 heterocycles. The summed E-state index contributed by atoms with van der Waals surface area (Å²) in [6.07, 6.45) is 4.42. The minimum absolute atomic E-state index is 0. The number of guanidine groups is 1. The van der Waals surface area contributed by atoms with Crippen LogP contribution in [0.25, 0.3) is 0 Å². The van der Waals surface area contributed by atoms with Gasteiger partial charge in [-0.15, -0.1) is 24.0 Å². The van der Waals surface area contributed by atoms with Crippen LogP contribution in [0.2, 0.25) is 0 Å². The first kappa shape index (κ1) is 24.2. The highest BCUT2D eigenvalue weighted by molar-refractivity contribution is 14.0. The molecule has 2 N–H and O–H groups in total. The minimum atomic E-state index is 0. The number of aliphatic imine (C=N–C) groups is 1. The molecule has 0 aliphatic carbocycles. The maximum atomic E-state index is 5.55. The van der Waals surface area contributed by atoms with Gasteiger partial charge in [0.05, 0.1) is 12.3 Å². The number of nitrogens with one attached hydrogen (secondary N) is 2. The van der Waals surface area contributed by atoms with Gasteiger partial charge in [0.2, 0.25) is 0 Å². The van der Waals surface area contributed by atoms with Crippen LogP contribution < -0.4 is 10.6 Å². The van der Waals surface area contributed by atoms with Crippen molar-refractivity contribution in [3.63, 3.8) is 0 Å². The first-order valence-electron chi connectivity index (χ1n) is 9.30. The fourth-order valence-corrected chi connectivity index (χ4v) is 2.39. The van der Waals surface area contributed by atoms with Crippen LogP contribution in [-0.2, 0) is 11.3 Å². The second-order valence-electron chi connectivity index (χ2n) is 5.82. The van der Waals surface area contributed by atoms with Gasteiger partial charge >= 0.3 is 0 Å². The summed E-state index contributed by atoms with van der Waals surface area (Å²) in [5, 5.41) is 10.7. The van der Waals surface area contributed by atoms with Gasteiger partial charge in [-0.3, -0.25) is 0 Å². The fourth-order valence-electron chi connectivity index (χ4n) is 2.39. The molecule has 0 amide bonds. The molecule has 6 nitrogen and oxygen atoms in total. The number of rotatable bonds is 12. The van der Waals surface area contributed by atoms with Crippen LogP contribution in [0.3, 0.4) is 0 Å². The maximum absolute atomic E-state index is 5.55. The number of hydrogen-bond acceptors (Lipinski definition) is 4. The third-order valence-corrected chi connectivity index (χ3v) is 3.90. The molecule has 0 fully saturated rings. The molecule has 0 aliphatic rings. The predicted octanol–water partition coefficient (Wildman–Crippen LogP) is 4.07. The molecule has 0 spiro atoms. The van der Waals surface area contributed by atoms with E-state index in [1.165, 1.54) is 0 Å². The van der Waals surface area contributed by atoms with Gasteiger partial charge in [0, 0.05) is 31.7 Å². The highest BCUT2D eigenvalue weighted by Gasteiger charge is 2.12. The first-order valence-corrected chi connectivity index (χ1v) is 9.30. The predicted molar refractivity (Wildman–Crippen MR) is 114 cm³/mol. The van der Waals surface area contributed by atoms with Crippen LogP contribution in [0.15, 0.2) is 15.6 Å². The van der Waals surface area contributed by atoms with Gasteiger partial charge in [-0.05, 0) is 26.2 Å². The van der Waals surface area contributed by atoms with Crippen molar-refractivity contribution in [1.82, 2.24) is 15.8 Å². The topological polar surface area (TPSA) is 71.7 Å². The van der Waals surface area contributed by atoms with E-state index in [0.29, 0.717) is 19.1 Å². The Labute approximate surface area is 169 Å². The number of halogens is 1. The Morgan fingerprint density at radius 3 is 2.60 bits per heavy atom. The molecule has 0 atom stereocenters. The van der Waals surface area contributed by atoms with E-state index in [-0.39, 0.29) is 24.0 Å². The van der Waals surface area contributed by atoms with Crippen molar-refractivity contribution in [3.05, 3.63) is 17.5 Å². The molecule has 1 aromatic rings. The van der Waals surface area contributed by atoms with Gasteiger partial charge in [0.25, 0.3) is 0 Å². The summed E-state index contributed by atoms with van der Waals surface area (Å²) in [5.74, 6) is 2.04. The summed E-state index contributed by atoms with van der Waals surface area (Å²) in [6, 6.07) is 2.03. The Kier molecular flexibility index (Phi) is 14.9. The van der Waals surface area contributed by atoms with Crippen LogP contribution >= 0.6 is 24.0 Å². The number of aromatic nitrogens is 1.